The van der Waals surface area contributed by atoms with Crippen LogP contribution in [0.5, 0.6) is 0 Å². The second kappa shape index (κ2) is 8.04. The maximum absolute atomic E-state index is 13.5. The Bertz CT molecular complexity index is 1460. The molecule has 4 aromatic rings. The number of nitrogens with two attached hydrogens (primary N) is 2. The first kappa shape index (κ1) is 20.3. The lowest BCUT2D eigenvalue weighted by Gasteiger charge is -2.22. The fourth-order valence-corrected chi connectivity index (χ4v) is 3.41. The summed E-state index contributed by atoms with van der Waals surface area (Å²) >= 11 is 0. The molecule has 0 aliphatic heterocycles. The largest absolute Gasteiger partial charge is 0.382 e. The minimum atomic E-state index is -0.582. The first-order chi connectivity index (χ1) is 15.5. The topological polar surface area (TPSA) is 201 Å². The van der Waals surface area contributed by atoms with Crippen LogP contribution in [0.2, 0.25) is 0 Å². The highest BCUT2D eigenvalue weighted by Gasteiger charge is 2.24. The summed E-state index contributed by atoms with van der Waals surface area (Å²) < 4.78 is 1.34. The van der Waals surface area contributed by atoms with Crippen molar-refractivity contribution in [3.63, 3.8) is 0 Å². The van der Waals surface area contributed by atoms with Gasteiger partial charge in [0.05, 0.1) is 28.7 Å². The second-order valence-corrected chi connectivity index (χ2v) is 6.77. The zero-order valence-electron chi connectivity index (χ0n) is 16.9. The van der Waals surface area contributed by atoms with Crippen molar-refractivity contribution in [2.75, 3.05) is 16.8 Å². The number of H-pyrrole nitrogens is 1. The highest BCUT2D eigenvalue weighted by atomic mass is 16.1. The quantitative estimate of drug-likeness (QED) is 0.360. The Kier molecular flexibility index (Phi) is 5.10. The van der Waals surface area contributed by atoms with Crippen LogP contribution in [0.25, 0.3) is 16.7 Å². The maximum atomic E-state index is 13.5. The van der Waals surface area contributed by atoms with Crippen molar-refractivity contribution >= 4 is 28.5 Å². The van der Waals surface area contributed by atoms with E-state index in [1.54, 1.807) is 24.3 Å². The number of nitrogens with one attached hydrogen (secondary N) is 2. The Balaban J connectivity index is 1.98. The van der Waals surface area contributed by atoms with E-state index < -0.39 is 11.6 Å². The summed E-state index contributed by atoms with van der Waals surface area (Å²) in [4.78, 5) is 26.1. The Labute approximate surface area is 181 Å². The average molecular weight is 427 g/mol. The smallest absolute Gasteiger partial charge is 0.268 e. The third-order valence-corrected chi connectivity index (χ3v) is 4.87. The first-order valence-corrected chi connectivity index (χ1v) is 9.53. The number of nitriles is 2. The average Bonchev–Trinajstić information content (AvgIpc) is 3.31. The molecule has 4 rings (SSSR count). The molecule has 0 bridgehead atoms. The van der Waals surface area contributed by atoms with Gasteiger partial charge in [0.15, 0.2) is 5.82 Å². The predicted molar refractivity (Wildman–Crippen MR) is 116 cm³/mol. The van der Waals surface area contributed by atoms with Gasteiger partial charge in [-0.25, -0.2) is 9.55 Å². The van der Waals surface area contributed by atoms with Crippen molar-refractivity contribution in [1.29, 1.82) is 10.5 Å². The van der Waals surface area contributed by atoms with E-state index in [0.717, 1.165) is 0 Å². The van der Waals surface area contributed by atoms with Crippen molar-refractivity contribution < 1.29 is 0 Å². The summed E-state index contributed by atoms with van der Waals surface area (Å²) in [6.45, 7) is 1.87. The van der Waals surface area contributed by atoms with Crippen molar-refractivity contribution in [2.45, 2.75) is 19.4 Å². The van der Waals surface area contributed by atoms with Crippen molar-refractivity contribution in [1.82, 2.24) is 29.7 Å². The molecule has 1 aromatic carbocycles. The van der Waals surface area contributed by atoms with Crippen LogP contribution in [-0.4, -0.2) is 29.7 Å². The van der Waals surface area contributed by atoms with Gasteiger partial charge in [-0.1, -0.05) is 13.0 Å². The van der Waals surface area contributed by atoms with E-state index in [1.807, 2.05) is 19.1 Å². The van der Waals surface area contributed by atoms with Crippen LogP contribution in [0.4, 0.5) is 17.6 Å². The molecule has 158 valence electrons. The maximum Gasteiger partial charge on any atom is 0.268 e. The molecule has 0 spiro atoms. The van der Waals surface area contributed by atoms with Crippen LogP contribution in [-0.2, 0) is 0 Å². The van der Waals surface area contributed by atoms with Crippen LogP contribution in [0.1, 0.15) is 36.3 Å². The van der Waals surface area contributed by atoms with Gasteiger partial charge in [0.1, 0.15) is 35.2 Å². The summed E-state index contributed by atoms with van der Waals surface area (Å²) in [5.74, 6) is 0.655. The van der Waals surface area contributed by atoms with Gasteiger partial charge >= 0.3 is 0 Å². The third-order valence-electron chi connectivity index (χ3n) is 4.87. The lowest BCUT2D eigenvalue weighted by atomic mass is 10.1. The van der Waals surface area contributed by atoms with Gasteiger partial charge in [-0.2, -0.15) is 25.6 Å². The molecule has 3 aromatic heterocycles. The van der Waals surface area contributed by atoms with Crippen molar-refractivity contribution in [3.05, 3.63) is 57.8 Å². The molecule has 3 heterocycles. The van der Waals surface area contributed by atoms with Crippen LogP contribution in [0, 0.1) is 22.7 Å². The number of aromatic nitrogens is 6. The van der Waals surface area contributed by atoms with Gasteiger partial charge in [0.2, 0.25) is 5.95 Å². The van der Waals surface area contributed by atoms with Crippen LogP contribution >= 0.6 is 0 Å². The minimum absolute atomic E-state index is 0.0284. The summed E-state index contributed by atoms with van der Waals surface area (Å²) in [7, 11) is 0. The van der Waals surface area contributed by atoms with Gasteiger partial charge in [-0.15, -0.1) is 0 Å². The van der Waals surface area contributed by atoms with E-state index in [1.165, 1.54) is 10.8 Å². The number of hydrogen-bond donors (Lipinski definition) is 4. The number of aromatic amines is 1. The van der Waals surface area contributed by atoms with E-state index in [2.05, 4.69) is 30.5 Å². The van der Waals surface area contributed by atoms with E-state index in [9.17, 15) is 15.3 Å². The van der Waals surface area contributed by atoms with Crippen LogP contribution in [0.15, 0.2) is 35.3 Å². The highest BCUT2D eigenvalue weighted by molar-refractivity contribution is 5.84. The molecule has 0 aliphatic carbocycles. The summed E-state index contributed by atoms with van der Waals surface area (Å²) in [6.07, 6.45) is 1.96. The molecule has 0 fully saturated rings. The molecule has 32 heavy (non-hydrogen) atoms. The fraction of sp³-hybridized carbons (Fsp3) is 0.150. The molecule has 1 unspecified atom stereocenters. The summed E-state index contributed by atoms with van der Waals surface area (Å²) in [6, 6.07) is 9.91. The van der Waals surface area contributed by atoms with Gasteiger partial charge in [0, 0.05) is 6.07 Å². The lowest BCUT2D eigenvalue weighted by Crippen LogP contribution is -2.29. The van der Waals surface area contributed by atoms with Crippen molar-refractivity contribution in [2.24, 2.45) is 0 Å². The monoisotopic (exact) mass is 427 g/mol. The predicted octanol–water partition coefficient (Wildman–Crippen LogP) is 1.37. The van der Waals surface area contributed by atoms with Crippen LogP contribution in [0.3, 0.4) is 0 Å². The minimum Gasteiger partial charge on any atom is -0.382 e. The third kappa shape index (κ3) is 3.32. The molecule has 0 aliphatic rings. The number of nitrogen functional groups attached to an aromatic ring is 2. The molecule has 1 atom stereocenters. The fourth-order valence-electron chi connectivity index (χ4n) is 3.41. The molecule has 0 amide bonds. The molecule has 12 nitrogen and oxygen atoms in total. The standard InChI is InChI=1S/C20H17N11O/c1-2-12(26-17-11(9-22)16(23)28-20(24)29-17)18-27-13-5-3-4-10(8-21)15(13)19(32)31(18)14-6-7-25-30-14/h3-7,12H,2H2,1H3,(H,25,30)(H5,23,24,26,28,29). The second-order valence-electron chi connectivity index (χ2n) is 6.77. The van der Waals surface area contributed by atoms with Crippen molar-refractivity contribution in [3.8, 4) is 18.0 Å². The number of nitrogens with zero attached hydrogens (tertiary/aromatic N) is 7. The molecule has 0 radical (unpaired) electrons. The first-order valence-electron chi connectivity index (χ1n) is 9.53. The molecule has 12 heteroatoms. The number of fused-ring (bicyclic) bond motifs is 1. The number of hydrogen-bond acceptors (Lipinski definition) is 10. The molecule has 0 saturated heterocycles. The van der Waals surface area contributed by atoms with Gasteiger partial charge in [0.25, 0.3) is 5.56 Å². The Morgan fingerprint density at radius 1 is 1.19 bits per heavy atom. The number of rotatable bonds is 5. The van der Waals surface area contributed by atoms with Gasteiger partial charge in [-0.3, -0.25) is 9.89 Å². The SMILES string of the molecule is CCC(Nc1nc(N)nc(N)c1C#N)c1nc2cccc(C#N)c2c(=O)n1-c1ccn[nH]1. The van der Waals surface area contributed by atoms with E-state index in [4.69, 9.17) is 11.5 Å². The lowest BCUT2D eigenvalue weighted by molar-refractivity contribution is 0.652. The summed E-state index contributed by atoms with van der Waals surface area (Å²) in [5, 5.41) is 29.0. The Morgan fingerprint density at radius 3 is 2.66 bits per heavy atom. The number of benzene rings is 1. The highest BCUT2D eigenvalue weighted by Crippen LogP contribution is 2.27. The summed E-state index contributed by atoms with van der Waals surface area (Å²) in [5.41, 5.74) is 11.7. The molecule has 6 N–H and O–H groups in total. The van der Waals surface area contributed by atoms with Gasteiger partial charge < -0.3 is 16.8 Å². The van der Waals surface area contributed by atoms with Crippen LogP contribution < -0.4 is 22.3 Å². The Morgan fingerprint density at radius 2 is 2.00 bits per heavy atom. The Hall–Kier alpha value is -4.97. The molecular weight excluding hydrogens is 410 g/mol. The zero-order chi connectivity index (χ0) is 22.8. The normalized spacial score (nSPS) is 11.6. The zero-order valence-corrected chi connectivity index (χ0v) is 16.9. The molecular formula is C20H17N11O. The van der Waals surface area contributed by atoms with Gasteiger partial charge in [-0.05, 0) is 18.6 Å². The molecule has 0 saturated carbocycles. The van der Waals surface area contributed by atoms with E-state index in [-0.39, 0.29) is 34.1 Å². The van der Waals surface area contributed by atoms with E-state index in [0.29, 0.717) is 23.6 Å². The van der Waals surface area contributed by atoms with E-state index >= 15 is 0 Å². The number of anilines is 3.